The number of hydrogen-bond acceptors (Lipinski definition) is 5. The third-order valence-corrected chi connectivity index (χ3v) is 3.82. The number of carbonyl (C=O) groups is 2. The number of piperidine rings is 1. The number of carbonyl (C=O) groups excluding carboxylic acids is 2. The van der Waals surface area contributed by atoms with Crippen LogP contribution in [0.5, 0.6) is 0 Å². The Kier molecular flexibility index (Phi) is 5.28. The number of non-ortho nitro benzene ring substituents is 1. The van der Waals surface area contributed by atoms with Crippen LogP contribution in [0.4, 0.5) is 11.4 Å². The van der Waals surface area contributed by atoms with E-state index in [1.165, 1.54) is 29.2 Å². The van der Waals surface area contributed by atoms with Gasteiger partial charge in [0.15, 0.2) is 0 Å². The number of nitrogens with two attached hydrogens (primary N) is 1. The monoisotopic (exact) mass is 320 g/mol. The van der Waals surface area contributed by atoms with Gasteiger partial charge in [-0.25, -0.2) is 0 Å². The highest BCUT2D eigenvalue weighted by molar-refractivity contribution is 5.98. The summed E-state index contributed by atoms with van der Waals surface area (Å²) in [5.41, 5.74) is 6.05. The van der Waals surface area contributed by atoms with Gasteiger partial charge in [0.2, 0.25) is 11.8 Å². The minimum Gasteiger partial charge on any atom is -0.329 e. The minimum atomic E-state index is -0.650. The van der Waals surface area contributed by atoms with Crippen LogP contribution < -0.4 is 11.1 Å². The maximum Gasteiger partial charge on any atom is 0.269 e. The summed E-state index contributed by atoms with van der Waals surface area (Å²) in [4.78, 5) is 36.2. The van der Waals surface area contributed by atoms with Gasteiger partial charge in [0.05, 0.1) is 11.0 Å². The number of nitro groups is 1. The molecule has 2 rings (SSSR count). The molecule has 2 amide bonds. The molecule has 1 saturated heterocycles. The van der Waals surface area contributed by atoms with Gasteiger partial charge >= 0.3 is 0 Å². The summed E-state index contributed by atoms with van der Waals surface area (Å²) < 4.78 is 0. The van der Waals surface area contributed by atoms with Crippen molar-refractivity contribution in [2.75, 3.05) is 11.9 Å². The maximum absolute atomic E-state index is 12.4. The topological polar surface area (TPSA) is 119 Å². The van der Waals surface area contributed by atoms with Crippen molar-refractivity contribution in [3.63, 3.8) is 0 Å². The zero-order valence-electron chi connectivity index (χ0n) is 12.9. The van der Waals surface area contributed by atoms with E-state index in [0.717, 1.165) is 12.8 Å². The number of rotatable bonds is 4. The van der Waals surface area contributed by atoms with Crippen LogP contribution in [-0.4, -0.2) is 40.3 Å². The highest BCUT2D eigenvalue weighted by Gasteiger charge is 2.33. The number of amides is 2. The van der Waals surface area contributed by atoms with E-state index in [4.69, 9.17) is 5.73 Å². The predicted molar refractivity (Wildman–Crippen MR) is 84.7 cm³/mol. The second-order valence-corrected chi connectivity index (χ2v) is 5.63. The number of anilines is 1. The average Bonchev–Trinajstić information content (AvgIpc) is 2.54. The normalized spacial score (nSPS) is 19.0. The second kappa shape index (κ2) is 7.19. The van der Waals surface area contributed by atoms with Gasteiger partial charge < -0.3 is 16.0 Å². The maximum atomic E-state index is 12.4. The molecule has 8 heteroatoms. The highest BCUT2D eigenvalue weighted by atomic mass is 16.6. The molecular formula is C15H20N4O4. The lowest BCUT2D eigenvalue weighted by Crippen LogP contribution is -2.54. The molecule has 0 bridgehead atoms. The van der Waals surface area contributed by atoms with E-state index in [1.807, 2.05) is 0 Å². The molecule has 1 aliphatic rings. The summed E-state index contributed by atoms with van der Waals surface area (Å²) in [6, 6.07) is 4.37. The lowest BCUT2D eigenvalue weighted by Gasteiger charge is -2.35. The third-order valence-electron chi connectivity index (χ3n) is 3.82. The van der Waals surface area contributed by atoms with E-state index >= 15 is 0 Å². The number of nitro benzene ring substituents is 1. The molecule has 0 radical (unpaired) electrons. The van der Waals surface area contributed by atoms with Gasteiger partial charge in [-0.3, -0.25) is 19.7 Å². The van der Waals surface area contributed by atoms with E-state index in [2.05, 4.69) is 5.32 Å². The first-order chi connectivity index (χ1) is 10.9. The van der Waals surface area contributed by atoms with E-state index < -0.39 is 17.0 Å². The molecule has 1 aromatic rings. The Bertz CT molecular complexity index is 600. The summed E-state index contributed by atoms with van der Waals surface area (Å²) in [6.07, 6.45) is 2.29. The molecular weight excluding hydrogens is 300 g/mol. The quantitative estimate of drug-likeness (QED) is 0.639. The van der Waals surface area contributed by atoms with Crippen molar-refractivity contribution >= 4 is 23.2 Å². The van der Waals surface area contributed by atoms with Crippen molar-refractivity contribution in [3.8, 4) is 0 Å². The Labute approximate surface area is 133 Å². The van der Waals surface area contributed by atoms with Crippen LogP contribution in [0.25, 0.3) is 0 Å². The largest absolute Gasteiger partial charge is 0.329 e. The zero-order chi connectivity index (χ0) is 17.0. The Balaban J connectivity index is 2.08. The van der Waals surface area contributed by atoms with Crippen molar-refractivity contribution in [2.24, 2.45) is 5.73 Å². The van der Waals surface area contributed by atoms with Crippen molar-refractivity contribution in [3.05, 3.63) is 34.4 Å². The number of likely N-dealkylation sites (tertiary alicyclic amines) is 1. The van der Waals surface area contributed by atoms with Gasteiger partial charge in [-0.15, -0.1) is 0 Å². The Hall–Kier alpha value is -2.48. The van der Waals surface area contributed by atoms with Gasteiger partial charge in [-0.2, -0.15) is 0 Å². The summed E-state index contributed by atoms with van der Waals surface area (Å²) in [5, 5.41) is 13.3. The summed E-state index contributed by atoms with van der Waals surface area (Å²) in [5.74, 6) is -0.541. The summed E-state index contributed by atoms with van der Waals surface area (Å²) >= 11 is 0. The summed E-state index contributed by atoms with van der Waals surface area (Å²) in [7, 11) is 0. The van der Waals surface area contributed by atoms with Gasteiger partial charge in [-0.1, -0.05) is 0 Å². The fourth-order valence-electron chi connectivity index (χ4n) is 2.62. The van der Waals surface area contributed by atoms with Crippen LogP contribution >= 0.6 is 0 Å². The molecule has 8 nitrogen and oxygen atoms in total. The smallest absolute Gasteiger partial charge is 0.269 e. The number of hydrogen-bond donors (Lipinski definition) is 2. The molecule has 0 aliphatic carbocycles. The standard InChI is InChI=1S/C15H20N4O4/c1-10(16)15(21)18-9-3-2-4-13(18)14(20)17-11-5-7-12(8-6-11)19(22)23/h5-8,10,13H,2-4,9,16H2,1H3,(H,17,20)/t10-,13-/m0/s1. The van der Waals surface area contributed by atoms with Crippen molar-refractivity contribution < 1.29 is 14.5 Å². The minimum absolute atomic E-state index is 0.0468. The van der Waals surface area contributed by atoms with Crippen molar-refractivity contribution in [1.82, 2.24) is 4.90 Å². The van der Waals surface area contributed by atoms with Crippen LogP contribution in [0.2, 0.25) is 0 Å². The first kappa shape index (κ1) is 16.9. The van der Waals surface area contributed by atoms with E-state index in [1.54, 1.807) is 6.92 Å². The SMILES string of the molecule is C[C@H](N)C(=O)N1CCCC[C@H]1C(=O)Nc1ccc([N+](=O)[O-])cc1. The van der Waals surface area contributed by atoms with Gasteiger partial charge in [0.25, 0.3) is 5.69 Å². The average molecular weight is 320 g/mol. The number of nitrogens with one attached hydrogen (secondary N) is 1. The first-order valence-electron chi connectivity index (χ1n) is 7.51. The highest BCUT2D eigenvalue weighted by Crippen LogP contribution is 2.21. The van der Waals surface area contributed by atoms with E-state index in [0.29, 0.717) is 18.7 Å². The Morgan fingerprint density at radius 3 is 2.57 bits per heavy atom. The zero-order valence-corrected chi connectivity index (χ0v) is 12.9. The molecule has 1 fully saturated rings. The molecule has 1 aliphatic heterocycles. The van der Waals surface area contributed by atoms with Crippen LogP contribution in [-0.2, 0) is 9.59 Å². The Morgan fingerprint density at radius 1 is 1.35 bits per heavy atom. The van der Waals surface area contributed by atoms with Gasteiger partial charge in [0, 0.05) is 24.4 Å². The molecule has 0 saturated carbocycles. The molecule has 23 heavy (non-hydrogen) atoms. The van der Waals surface area contributed by atoms with Gasteiger partial charge in [0.1, 0.15) is 6.04 Å². The molecule has 0 spiro atoms. The third kappa shape index (κ3) is 4.04. The van der Waals surface area contributed by atoms with E-state index in [9.17, 15) is 19.7 Å². The lowest BCUT2D eigenvalue weighted by atomic mass is 10.00. The van der Waals surface area contributed by atoms with Crippen LogP contribution in [0.3, 0.4) is 0 Å². The fourth-order valence-corrected chi connectivity index (χ4v) is 2.62. The second-order valence-electron chi connectivity index (χ2n) is 5.63. The van der Waals surface area contributed by atoms with Crippen molar-refractivity contribution in [1.29, 1.82) is 0 Å². The van der Waals surface area contributed by atoms with E-state index in [-0.39, 0.29) is 17.5 Å². The Morgan fingerprint density at radius 2 is 2.00 bits per heavy atom. The van der Waals surface area contributed by atoms with Crippen LogP contribution in [0, 0.1) is 10.1 Å². The molecule has 3 N–H and O–H groups in total. The molecule has 1 heterocycles. The summed E-state index contributed by atoms with van der Waals surface area (Å²) in [6.45, 7) is 2.11. The molecule has 0 aromatic heterocycles. The molecule has 1 aromatic carbocycles. The van der Waals surface area contributed by atoms with Crippen LogP contribution in [0.1, 0.15) is 26.2 Å². The van der Waals surface area contributed by atoms with Gasteiger partial charge in [-0.05, 0) is 38.3 Å². The molecule has 0 unspecified atom stereocenters. The first-order valence-corrected chi connectivity index (χ1v) is 7.51. The fraction of sp³-hybridized carbons (Fsp3) is 0.467. The lowest BCUT2D eigenvalue weighted by molar-refractivity contribution is -0.384. The van der Waals surface area contributed by atoms with Crippen molar-refractivity contribution in [2.45, 2.75) is 38.3 Å². The number of benzene rings is 1. The molecule has 124 valence electrons. The van der Waals surface area contributed by atoms with Crippen LogP contribution in [0.15, 0.2) is 24.3 Å². The molecule has 2 atom stereocenters. The number of nitrogens with zero attached hydrogens (tertiary/aromatic N) is 2. The predicted octanol–water partition coefficient (Wildman–Crippen LogP) is 1.26.